The maximum atomic E-state index is 14.1. The Bertz CT molecular complexity index is 1330. The Kier molecular flexibility index (Phi) is 5.92. The molecule has 162 valence electrons. The highest BCUT2D eigenvalue weighted by Gasteiger charge is 2.26. The molecule has 0 aliphatic heterocycles. The minimum Gasteiger partial charge on any atom is -0.481 e. The molecule has 0 atom stereocenters. The van der Waals surface area contributed by atoms with Gasteiger partial charge in [0.05, 0.1) is 12.7 Å². The lowest BCUT2D eigenvalue weighted by atomic mass is 10.1. The van der Waals surface area contributed by atoms with E-state index in [0.29, 0.717) is 39.7 Å². The fourth-order valence-corrected chi connectivity index (χ4v) is 3.74. The highest BCUT2D eigenvalue weighted by atomic mass is 35.5. The summed E-state index contributed by atoms with van der Waals surface area (Å²) in [4.78, 5) is 29.9. The Morgan fingerprint density at radius 2 is 1.88 bits per heavy atom. The van der Waals surface area contributed by atoms with Crippen LogP contribution in [-0.4, -0.2) is 28.4 Å². The van der Waals surface area contributed by atoms with Gasteiger partial charge in [0.1, 0.15) is 5.82 Å². The molecule has 2 aromatic heterocycles. The van der Waals surface area contributed by atoms with Crippen molar-refractivity contribution in [1.82, 2.24) is 9.55 Å². The molecule has 4 aromatic rings. The number of hydrogen-bond donors (Lipinski definition) is 1. The van der Waals surface area contributed by atoms with E-state index in [4.69, 9.17) is 16.3 Å². The molecule has 2 aromatic carbocycles. The van der Waals surface area contributed by atoms with Crippen molar-refractivity contribution in [3.05, 3.63) is 88.5 Å². The minimum absolute atomic E-state index is 0.159. The lowest BCUT2D eigenvalue weighted by Crippen LogP contribution is -2.23. The first-order valence-corrected chi connectivity index (χ1v) is 10.1. The van der Waals surface area contributed by atoms with Crippen LogP contribution in [0.3, 0.4) is 0 Å². The smallest absolute Gasteiger partial charge is 0.296 e. The molecule has 1 N–H and O–H groups in total. The number of carbonyl (C=O) groups excluding carboxylic acids is 2. The van der Waals surface area contributed by atoms with Gasteiger partial charge in [0.15, 0.2) is 0 Å². The molecule has 6 nitrogen and oxygen atoms in total. The van der Waals surface area contributed by atoms with Gasteiger partial charge in [0, 0.05) is 46.1 Å². The van der Waals surface area contributed by atoms with Crippen molar-refractivity contribution in [3.63, 3.8) is 0 Å². The van der Waals surface area contributed by atoms with Gasteiger partial charge in [-0.15, -0.1) is 0 Å². The number of halogens is 2. The van der Waals surface area contributed by atoms with Gasteiger partial charge in [0.25, 0.3) is 11.7 Å². The molecule has 0 fully saturated rings. The molecule has 2 heterocycles. The average Bonchev–Trinajstić information content (AvgIpc) is 3.05. The molecule has 32 heavy (non-hydrogen) atoms. The van der Waals surface area contributed by atoms with Crippen LogP contribution in [0.15, 0.2) is 60.8 Å². The highest BCUT2D eigenvalue weighted by molar-refractivity contribution is 6.48. The monoisotopic (exact) mass is 451 g/mol. The van der Waals surface area contributed by atoms with Crippen molar-refractivity contribution >= 4 is 39.9 Å². The van der Waals surface area contributed by atoms with Crippen molar-refractivity contribution in [1.29, 1.82) is 0 Å². The van der Waals surface area contributed by atoms with E-state index < -0.39 is 17.5 Å². The van der Waals surface area contributed by atoms with E-state index in [1.165, 1.54) is 31.5 Å². The van der Waals surface area contributed by atoms with Crippen LogP contribution in [0.1, 0.15) is 21.6 Å². The summed E-state index contributed by atoms with van der Waals surface area (Å²) in [6, 6.07) is 14.6. The average molecular weight is 452 g/mol. The number of ketones is 1. The molecule has 1 amide bonds. The summed E-state index contributed by atoms with van der Waals surface area (Å²) in [5.41, 5.74) is 2.69. The number of rotatable bonds is 6. The SMILES string of the molecule is COc1cc(NC(=O)C(=O)c2c(C)n(Cc3ccc(Cl)cc3)c3ccc(F)cc23)ccn1. The number of nitrogens with one attached hydrogen (secondary N) is 1. The van der Waals surface area contributed by atoms with Crippen molar-refractivity contribution in [2.45, 2.75) is 13.5 Å². The van der Waals surface area contributed by atoms with Crippen molar-refractivity contribution in [2.24, 2.45) is 0 Å². The summed E-state index contributed by atoms with van der Waals surface area (Å²) < 4.78 is 21.0. The molecule has 0 bridgehead atoms. The van der Waals surface area contributed by atoms with Crippen LogP contribution in [0, 0.1) is 12.7 Å². The molecular formula is C24H19ClFN3O3. The Morgan fingerprint density at radius 3 is 2.59 bits per heavy atom. The number of fused-ring (bicyclic) bond motifs is 1. The fourth-order valence-electron chi connectivity index (χ4n) is 3.62. The number of ether oxygens (including phenoxy) is 1. The van der Waals surface area contributed by atoms with Gasteiger partial charge in [0.2, 0.25) is 5.88 Å². The molecule has 0 saturated heterocycles. The van der Waals surface area contributed by atoms with Crippen molar-refractivity contribution < 1.29 is 18.7 Å². The van der Waals surface area contributed by atoms with Crippen LogP contribution in [0.4, 0.5) is 10.1 Å². The lowest BCUT2D eigenvalue weighted by molar-refractivity contribution is -0.112. The van der Waals surface area contributed by atoms with Gasteiger partial charge in [-0.1, -0.05) is 23.7 Å². The van der Waals surface area contributed by atoms with Gasteiger partial charge in [-0.2, -0.15) is 0 Å². The number of Topliss-reactive ketones (excluding diaryl/α,β-unsaturated/α-hetero) is 1. The number of hydrogen-bond acceptors (Lipinski definition) is 4. The zero-order valence-electron chi connectivity index (χ0n) is 17.4. The van der Waals surface area contributed by atoms with Crippen LogP contribution in [-0.2, 0) is 11.3 Å². The predicted molar refractivity (Wildman–Crippen MR) is 121 cm³/mol. The third-order valence-electron chi connectivity index (χ3n) is 5.17. The van der Waals surface area contributed by atoms with E-state index in [1.54, 1.807) is 31.2 Å². The Hall–Kier alpha value is -3.71. The van der Waals surface area contributed by atoms with E-state index in [-0.39, 0.29) is 5.56 Å². The third kappa shape index (κ3) is 4.20. The van der Waals surface area contributed by atoms with Crippen LogP contribution in [0.5, 0.6) is 5.88 Å². The van der Waals surface area contributed by atoms with E-state index >= 15 is 0 Å². The molecular weight excluding hydrogens is 433 g/mol. The Morgan fingerprint density at radius 1 is 1.12 bits per heavy atom. The molecule has 0 aliphatic rings. The molecule has 8 heteroatoms. The van der Waals surface area contributed by atoms with Gasteiger partial charge in [-0.3, -0.25) is 9.59 Å². The van der Waals surface area contributed by atoms with Gasteiger partial charge < -0.3 is 14.6 Å². The first-order chi connectivity index (χ1) is 15.4. The quantitative estimate of drug-likeness (QED) is 0.330. The zero-order chi connectivity index (χ0) is 22.8. The van der Waals surface area contributed by atoms with Gasteiger partial charge in [-0.25, -0.2) is 9.37 Å². The van der Waals surface area contributed by atoms with Crippen LogP contribution < -0.4 is 10.1 Å². The van der Waals surface area contributed by atoms with E-state index in [1.807, 2.05) is 16.7 Å². The van der Waals surface area contributed by atoms with Crippen molar-refractivity contribution in [2.75, 3.05) is 12.4 Å². The second kappa shape index (κ2) is 8.80. The number of anilines is 1. The second-order valence-corrected chi connectivity index (χ2v) is 7.64. The maximum Gasteiger partial charge on any atom is 0.296 e. The van der Waals surface area contributed by atoms with Crippen LogP contribution >= 0.6 is 11.6 Å². The summed E-state index contributed by atoms with van der Waals surface area (Å²) in [5.74, 6) is -1.79. The summed E-state index contributed by atoms with van der Waals surface area (Å²) in [6.07, 6.45) is 1.46. The Balaban J connectivity index is 1.73. The number of methoxy groups -OCH3 is 1. The number of benzene rings is 2. The van der Waals surface area contributed by atoms with Crippen LogP contribution in [0.25, 0.3) is 10.9 Å². The van der Waals surface area contributed by atoms with Gasteiger partial charge in [-0.05, 0) is 48.9 Å². The largest absolute Gasteiger partial charge is 0.481 e. The number of carbonyl (C=O) groups is 2. The van der Waals surface area contributed by atoms with Crippen molar-refractivity contribution in [3.8, 4) is 5.88 Å². The first-order valence-electron chi connectivity index (χ1n) is 9.76. The molecule has 4 rings (SSSR count). The number of pyridine rings is 1. The molecule has 0 spiro atoms. The molecule has 0 radical (unpaired) electrons. The summed E-state index contributed by atoms with van der Waals surface area (Å²) in [6.45, 7) is 2.17. The lowest BCUT2D eigenvalue weighted by Gasteiger charge is -2.09. The standard InChI is InChI=1S/C24H19ClFN3O3/c1-14-22(23(30)24(31)28-18-9-10-27-21(12-18)32-2)19-11-17(26)7-8-20(19)29(14)13-15-3-5-16(25)6-4-15/h3-12H,13H2,1-2H3,(H,27,28,31). The second-order valence-electron chi connectivity index (χ2n) is 7.20. The highest BCUT2D eigenvalue weighted by Crippen LogP contribution is 2.29. The summed E-state index contributed by atoms with van der Waals surface area (Å²) >= 11 is 5.98. The number of aromatic nitrogens is 2. The molecule has 0 aliphatic carbocycles. The first kappa shape index (κ1) is 21.5. The number of nitrogens with zero attached hydrogens (tertiary/aromatic N) is 2. The topological polar surface area (TPSA) is 73.2 Å². The summed E-state index contributed by atoms with van der Waals surface area (Å²) in [5, 5.41) is 3.56. The normalized spacial score (nSPS) is 10.9. The third-order valence-corrected chi connectivity index (χ3v) is 5.43. The summed E-state index contributed by atoms with van der Waals surface area (Å²) in [7, 11) is 1.45. The fraction of sp³-hybridized carbons (Fsp3) is 0.125. The maximum absolute atomic E-state index is 14.1. The van der Waals surface area contributed by atoms with Crippen LogP contribution in [0.2, 0.25) is 5.02 Å². The zero-order valence-corrected chi connectivity index (χ0v) is 18.1. The minimum atomic E-state index is -0.837. The predicted octanol–water partition coefficient (Wildman–Crippen LogP) is 5.02. The number of amides is 1. The van der Waals surface area contributed by atoms with E-state index in [2.05, 4.69) is 10.3 Å². The van der Waals surface area contributed by atoms with E-state index in [9.17, 15) is 14.0 Å². The van der Waals surface area contributed by atoms with Gasteiger partial charge >= 0.3 is 0 Å². The molecule has 0 saturated carbocycles. The van der Waals surface area contributed by atoms with E-state index in [0.717, 1.165) is 5.56 Å². The molecule has 0 unspecified atom stereocenters. The Labute approximate surface area is 188 Å².